The van der Waals surface area contributed by atoms with Crippen molar-refractivity contribution in [3.63, 3.8) is 0 Å². The molecule has 2 saturated heterocycles. The highest BCUT2D eigenvalue weighted by atomic mass is 17.3. The lowest BCUT2D eigenvalue weighted by Crippen LogP contribution is -2.11. The summed E-state index contributed by atoms with van der Waals surface area (Å²) in [6, 6.07) is 0. The van der Waals surface area contributed by atoms with Crippen LogP contribution in [-0.4, -0.2) is 12.6 Å². The van der Waals surface area contributed by atoms with E-state index in [0.717, 1.165) is 12.8 Å². The summed E-state index contributed by atoms with van der Waals surface area (Å²) in [5, 5.41) is 0. The van der Waals surface area contributed by atoms with Gasteiger partial charge in [-0.15, -0.1) is 0 Å². The van der Waals surface area contributed by atoms with Gasteiger partial charge >= 0.3 is 0 Å². The van der Waals surface area contributed by atoms with Crippen molar-refractivity contribution in [3.05, 3.63) is 0 Å². The van der Waals surface area contributed by atoms with Crippen molar-refractivity contribution in [2.24, 2.45) is 0 Å². The average molecular weight is 186 g/mol. The van der Waals surface area contributed by atoms with Crippen molar-refractivity contribution < 1.29 is 14.5 Å². The van der Waals surface area contributed by atoms with Crippen molar-refractivity contribution in [1.29, 1.82) is 0 Å². The topological polar surface area (TPSA) is 27.7 Å². The summed E-state index contributed by atoms with van der Waals surface area (Å²) < 4.78 is 5.55. The molecule has 0 saturated carbocycles. The molecule has 0 aromatic carbocycles. The smallest absolute Gasteiger partial charge is 0.194 e. The molecule has 3 nitrogen and oxygen atoms in total. The predicted octanol–water partition coefficient (Wildman–Crippen LogP) is 2.75. The fourth-order valence-corrected chi connectivity index (χ4v) is 1.90. The summed E-state index contributed by atoms with van der Waals surface area (Å²) in [6.45, 7) is 0. The van der Waals surface area contributed by atoms with E-state index in [1.54, 1.807) is 0 Å². The summed E-state index contributed by atoms with van der Waals surface area (Å²) in [7, 11) is 0. The third-order valence-electron chi connectivity index (χ3n) is 2.70. The maximum Gasteiger partial charge on any atom is 0.194 e. The SMILES string of the molecule is C1CCCC[C@@H]2OO[C@@H](CCC1)O2. The molecule has 13 heavy (non-hydrogen) atoms. The Labute approximate surface area is 79.3 Å². The summed E-state index contributed by atoms with van der Waals surface area (Å²) >= 11 is 0. The zero-order valence-corrected chi connectivity index (χ0v) is 8.04. The quantitative estimate of drug-likeness (QED) is 0.544. The Kier molecular flexibility index (Phi) is 3.58. The molecule has 2 aliphatic heterocycles. The fourth-order valence-electron chi connectivity index (χ4n) is 1.90. The van der Waals surface area contributed by atoms with Gasteiger partial charge in [-0.2, -0.15) is 0 Å². The highest BCUT2D eigenvalue weighted by Gasteiger charge is 2.27. The second-order valence-corrected chi connectivity index (χ2v) is 3.89. The van der Waals surface area contributed by atoms with Crippen molar-refractivity contribution >= 4 is 0 Å². The summed E-state index contributed by atoms with van der Waals surface area (Å²) in [6.07, 6.45) is 9.48. The lowest BCUT2D eigenvalue weighted by molar-refractivity contribution is -0.298. The molecule has 2 heterocycles. The maximum atomic E-state index is 5.55. The number of rotatable bonds is 0. The van der Waals surface area contributed by atoms with Crippen molar-refractivity contribution in [2.75, 3.05) is 0 Å². The van der Waals surface area contributed by atoms with E-state index in [2.05, 4.69) is 0 Å². The molecule has 3 heteroatoms. The van der Waals surface area contributed by atoms with Gasteiger partial charge in [0.15, 0.2) is 12.6 Å². The van der Waals surface area contributed by atoms with Gasteiger partial charge in [-0.1, -0.05) is 25.7 Å². The van der Waals surface area contributed by atoms with E-state index in [0.29, 0.717) is 0 Å². The molecule has 2 atom stereocenters. The first-order chi connectivity index (χ1) is 6.45. The van der Waals surface area contributed by atoms with Gasteiger partial charge < -0.3 is 4.74 Å². The van der Waals surface area contributed by atoms with Crippen LogP contribution in [0.15, 0.2) is 0 Å². The Hall–Kier alpha value is -0.120. The van der Waals surface area contributed by atoms with E-state index < -0.39 is 0 Å². The molecule has 0 amide bonds. The molecule has 2 bridgehead atoms. The minimum atomic E-state index is -0.0944. The third-order valence-corrected chi connectivity index (χ3v) is 2.70. The van der Waals surface area contributed by atoms with Crippen LogP contribution in [0.4, 0.5) is 0 Å². The van der Waals surface area contributed by atoms with Crippen LogP contribution in [0.1, 0.15) is 51.4 Å². The molecule has 0 aliphatic carbocycles. The van der Waals surface area contributed by atoms with E-state index in [1.165, 1.54) is 38.5 Å². The van der Waals surface area contributed by atoms with Gasteiger partial charge in [0.25, 0.3) is 0 Å². The molecule has 0 spiro atoms. The molecule has 0 aromatic rings. The van der Waals surface area contributed by atoms with Crippen LogP contribution in [-0.2, 0) is 14.5 Å². The van der Waals surface area contributed by atoms with Crippen LogP contribution in [0, 0.1) is 0 Å². The number of hydrogen-bond acceptors (Lipinski definition) is 3. The van der Waals surface area contributed by atoms with Gasteiger partial charge in [-0.25, -0.2) is 9.78 Å². The van der Waals surface area contributed by atoms with Crippen LogP contribution in [0.2, 0.25) is 0 Å². The van der Waals surface area contributed by atoms with Gasteiger partial charge in [0, 0.05) is 12.8 Å². The minimum Gasteiger partial charge on any atom is -0.318 e. The zero-order valence-electron chi connectivity index (χ0n) is 8.04. The molecular weight excluding hydrogens is 168 g/mol. The molecule has 0 radical (unpaired) electrons. The highest BCUT2D eigenvalue weighted by Crippen LogP contribution is 2.24. The molecule has 0 aromatic heterocycles. The lowest BCUT2D eigenvalue weighted by atomic mass is 10.1. The summed E-state index contributed by atoms with van der Waals surface area (Å²) in [5.41, 5.74) is 0. The zero-order chi connectivity index (χ0) is 8.93. The molecule has 0 N–H and O–H groups in total. The largest absolute Gasteiger partial charge is 0.318 e. The Morgan fingerprint density at radius 2 is 1.08 bits per heavy atom. The normalized spacial score (nSPS) is 36.9. The summed E-state index contributed by atoms with van der Waals surface area (Å²) in [4.78, 5) is 10.1. The van der Waals surface area contributed by atoms with Crippen LogP contribution in [0.3, 0.4) is 0 Å². The van der Waals surface area contributed by atoms with Crippen molar-refractivity contribution in [2.45, 2.75) is 63.9 Å². The molecule has 2 aliphatic rings. The molecule has 0 unspecified atom stereocenters. The Morgan fingerprint density at radius 1 is 0.615 bits per heavy atom. The Bertz CT molecular complexity index is 133. The van der Waals surface area contributed by atoms with E-state index in [1.807, 2.05) is 0 Å². The van der Waals surface area contributed by atoms with Crippen molar-refractivity contribution in [1.82, 2.24) is 0 Å². The second-order valence-electron chi connectivity index (χ2n) is 3.89. The summed E-state index contributed by atoms with van der Waals surface area (Å²) in [5.74, 6) is 0. The van der Waals surface area contributed by atoms with Gasteiger partial charge in [0.2, 0.25) is 0 Å². The lowest BCUT2D eigenvalue weighted by Gasteiger charge is -2.05. The number of fused-ring (bicyclic) bond motifs is 2. The highest BCUT2D eigenvalue weighted by molar-refractivity contribution is 4.57. The second kappa shape index (κ2) is 4.94. The van der Waals surface area contributed by atoms with E-state index >= 15 is 0 Å². The molecular formula is C10H18O3. The first-order valence-corrected chi connectivity index (χ1v) is 5.43. The fraction of sp³-hybridized carbons (Fsp3) is 1.00. The maximum absolute atomic E-state index is 5.55. The first-order valence-electron chi connectivity index (χ1n) is 5.43. The van der Waals surface area contributed by atoms with Crippen LogP contribution in [0.25, 0.3) is 0 Å². The number of hydrogen-bond donors (Lipinski definition) is 0. The van der Waals surface area contributed by atoms with E-state index in [4.69, 9.17) is 14.5 Å². The first kappa shape index (κ1) is 9.44. The van der Waals surface area contributed by atoms with Crippen molar-refractivity contribution in [3.8, 4) is 0 Å². The van der Waals surface area contributed by atoms with Crippen LogP contribution >= 0.6 is 0 Å². The molecule has 76 valence electrons. The third kappa shape index (κ3) is 2.93. The van der Waals surface area contributed by atoms with Gasteiger partial charge in [-0.05, 0) is 12.8 Å². The van der Waals surface area contributed by atoms with Crippen LogP contribution in [0.5, 0.6) is 0 Å². The van der Waals surface area contributed by atoms with E-state index in [9.17, 15) is 0 Å². The number of ether oxygens (including phenoxy) is 1. The Balaban J connectivity index is 1.79. The van der Waals surface area contributed by atoms with Gasteiger partial charge in [0.1, 0.15) is 0 Å². The van der Waals surface area contributed by atoms with Crippen LogP contribution < -0.4 is 0 Å². The van der Waals surface area contributed by atoms with Gasteiger partial charge in [-0.3, -0.25) is 0 Å². The monoisotopic (exact) mass is 186 g/mol. The predicted molar refractivity (Wildman–Crippen MR) is 47.8 cm³/mol. The molecule has 2 rings (SSSR count). The Morgan fingerprint density at radius 3 is 1.62 bits per heavy atom. The molecule has 2 fully saturated rings. The standard InChI is InChI=1S/C10H18O3/c1-2-4-6-8-10-11-9(12-13-10)7-5-3-1/h9-10H,1-8H2/t9-,10-/m0/s1. The average Bonchev–Trinajstić information content (AvgIpc) is 2.52. The van der Waals surface area contributed by atoms with E-state index in [-0.39, 0.29) is 12.6 Å². The minimum absolute atomic E-state index is 0.0944. The van der Waals surface area contributed by atoms with Gasteiger partial charge in [0.05, 0.1) is 0 Å².